The summed E-state index contributed by atoms with van der Waals surface area (Å²) in [6.07, 6.45) is 3.82. The summed E-state index contributed by atoms with van der Waals surface area (Å²) in [5.41, 5.74) is 2.55. The molecule has 0 saturated heterocycles. The van der Waals surface area contributed by atoms with E-state index >= 15 is 0 Å². The first-order valence-corrected chi connectivity index (χ1v) is 6.69. The first kappa shape index (κ1) is 13.2. The monoisotopic (exact) mass is 278 g/mol. The summed E-state index contributed by atoms with van der Waals surface area (Å²) in [6.45, 7) is 0.400. The average Bonchev–Trinajstić information content (AvgIpc) is 2.66. The van der Waals surface area contributed by atoms with Crippen molar-refractivity contribution in [3.63, 3.8) is 0 Å². The molecule has 1 amide bonds. The van der Waals surface area contributed by atoms with Crippen molar-refractivity contribution in [3.8, 4) is 17.6 Å². The smallest absolute Gasteiger partial charge is 0.230 e. The molecule has 1 aromatic carbocycles. The van der Waals surface area contributed by atoms with Crippen LogP contribution in [-0.4, -0.2) is 24.5 Å². The maximum atomic E-state index is 11.8. The highest BCUT2D eigenvalue weighted by Crippen LogP contribution is 2.31. The third-order valence-corrected chi connectivity index (χ3v) is 3.30. The first-order valence-electron chi connectivity index (χ1n) is 6.69. The second-order valence-electron chi connectivity index (χ2n) is 4.72. The average molecular weight is 278 g/mol. The van der Waals surface area contributed by atoms with E-state index in [1.165, 1.54) is 0 Å². The summed E-state index contributed by atoms with van der Waals surface area (Å²) < 4.78 is 5.64. The van der Waals surface area contributed by atoms with E-state index in [0.717, 1.165) is 16.8 Å². The molecule has 0 saturated carbocycles. The number of pyridine rings is 1. The standard InChI is InChI=1S/C17H14N2O2/c1-19-15-5-4-14(3-2-13-6-9-18-10-7-13)12-16(15)21-11-8-17(19)20/h4-7,9-10,12H,8,11H2,1H3. The van der Waals surface area contributed by atoms with Crippen LogP contribution in [0.5, 0.6) is 5.75 Å². The van der Waals surface area contributed by atoms with Gasteiger partial charge in [0.25, 0.3) is 0 Å². The quantitative estimate of drug-likeness (QED) is 0.694. The third-order valence-electron chi connectivity index (χ3n) is 3.30. The number of amides is 1. The van der Waals surface area contributed by atoms with E-state index in [4.69, 9.17) is 4.74 Å². The van der Waals surface area contributed by atoms with Crippen LogP contribution in [0.15, 0.2) is 42.7 Å². The van der Waals surface area contributed by atoms with Gasteiger partial charge in [-0.15, -0.1) is 0 Å². The summed E-state index contributed by atoms with van der Waals surface area (Å²) >= 11 is 0. The van der Waals surface area contributed by atoms with Crippen LogP contribution in [0.3, 0.4) is 0 Å². The zero-order valence-corrected chi connectivity index (χ0v) is 11.7. The Hall–Kier alpha value is -2.80. The Morgan fingerprint density at radius 3 is 2.71 bits per heavy atom. The minimum absolute atomic E-state index is 0.0596. The topological polar surface area (TPSA) is 42.4 Å². The van der Waals surface area contributed by atoms with Crippen LogP contribution >= 0.6 is 0 Å². The molecule has 0 aliphatic carbocycles. The molecule has 2 heterocycles. The Morgan fingerprint density at radius 2 is 1.90 bits per heavy atom. The van der Waals surface area contributed by atoms with Crippen molar-refractivity contribution in [1.82, 2.24) is 4.98 Å². The summed E-state index contributed by atoms with van der Waals surface area (Å²) in [7, 11) is 1.76. The predicted molar refractivity (Wildman–Crippen MR) is 80.2 cm³/mol. The summed E-state index contributed by atoms with van der Waals surface area (Å²) in [4.78, 5) is 17.4. The molecule has 104 valence electrons. The number of fused-ring (bicyclic) bond motifs is 1. The molecular formula is C17H14N2O2. The van der Waals surface area contributed by atoms with Gasteiger partial charge >= 0.3 is 0 Å². The van der Waals surface area contributed by atoms with E-state index in [1.807, 2.05) is 30.3 Å². The Labute approximate surface area is 123 Å². The van der Waals surface area contributed by atoms with E-state index in [1.54, 1.807) is 24.3 Å². The number of hydrogen-bond donors (Lipinski definition) is 0. The van der Waals surface area contributed by atoms with Crippen molar-refractivity contribution in [2.24, 2.45) is 0 Å². The van der Waals surface area contributed by atoms with Gasteiger partial charge in [-0.25, -0.2) is 0 Å². The highest BCUT2D eigenvalue weighted by Gasteiger charge is 2.19. The van der Waals surface area contributed by atoms with Gasteiger partial charge in [-0.05, 0) is 30.3 Å². The molecular weight excluding hydrogens is 264 g/mol. The lowest BCUT2D eigenvalue weighted by atomic mass is 10.1. The number of aromatic nitrogens is 1. The fraction of sp³-hybridized carbons (Fsp3) is 0.176. The fourth-order valence-electron chi connectivity index (χ4n) is 2.11. The van der Waals surface area contributed by atoms with E-state index in [2.05, 4.69) is 16.8 Å². The zero-order valence-electron chi connectivity index (χ0n) is 11.7. The van der Waals surface area contributed by atoms with Gasteiger partial charge < -0.3 is 9.64 Å². The fourth-order valence-corrected chi connectivity index (χ4v) is 2.11. The van der Waals surface area contributed by atoms with Crippen LogP contribution in [-0.2, 0) is 4.79 Å². The maximum Gasteiger partial charge on any atom is 0.230 e. The minimum atomic E-state index is 0.0596. The van der Waals surface area contributed by atoms with Crippen molar-refractivity contribution in [1.29, 1.82) is 0 Å². The number of carbonyl (C=O) groups excluding carboxylic acids is 1. The number of carbonyl (C=O) groups is 1. The molecule has 3 rings (SSSR count). The zero-order chi connectivity index (χ0) is 14.7. The summed E-state index contributed by atoms with van der Waals surface area (Å²) in [5, 5.41) is 0. The van der Waals surface area contributed by atoms with Crippen molar-refractivity contribution in [2.45, 2.75) is 6.42 Å². The van der Waals surface area contributed by atoms with Gasteiger partial charge in [0.15, 0.2) is 0 Å². The van der Waals surface area contributed by atoms with Gasteiger partial charge in [-0.2, -0.15) is 0 Å². The molecule has 2 aromatic rings. The van der Waals surface area contributed by atoms with E-state index in [0.29, 0.717) is 18.8 Å². The van der Waals surface area contributed by atoms with Gasteiger partial charge in [-0.3, -0.25) is 9.78 Å². The molecule has 0 N–H and O–H groups in total. The molecule has 4 nitrogen and oxygen atoms in total. The number of hydrogen-bond acceptors (Lipinski definition) is 3. The molecule has 0 atom stereocenters. The second kappa shape index (κ2) is 5.68. The first-order chi connectivity index (χ1) is 10.2. The number of benzene rings is 1. The molecule has 0 unspecified atom stereocenters. The van der Waals surface area contributed by atoms with E-state index in [-0.39, 0.29) is 5.91 Å². The Bertz CT molecular complexity index is 729. The van der Waals surface area contributed by atoms with Gasteiger partial charge in [-0.1, -0.05) is 11.8 Å². The molecule has 4 heteroatoms. The molecule has 1 aliphatic heterocycles. The highest BCUT2D eigenvalue weighted by molar-refractivity contribution is 5.95. The van der Waals surface area contributed by atoms with Crippen LogP contribution in [0.25, 0.3) is 0 Å². The summed E-state index contributed by atoms with van der Waals surface area (Å²) in [5.74, 6) is 6.93. The lowest BCUT2D eigenvalue weighted by molar-refractivity contribution is -0.118. The predicted octanol–water partition coefficient (Wildman–Crippen LogP) is 2.23. The van der Waals surface area contributed by atoms with Crippen molar-refractivity contribution in [2.75, 3.05) is 18.6 Å². The largest absolute Gasteiger partial charge is 0.491 e. The molecule has 0 radical (unpaired) electrons. The van der Waals surface area contributed by atoms with Crippen LogP contribution in [0.2, 0.25) is 0 Å². The SMILES string of the molecule is CN1C(=O)CCOc2cc(C#Cc3ccncc3)ccc21. The third kappa shape index (κ3) is 2.87. The van der Waals surface area contributed by atoms with Gasteiger partial charge in [0.1, 0.15) is 5.75 Å². The normalized spacial score (nSPS) is 13.6. The number of ether oxygens (including phenoxy) is 1. The van der Waals surface area contributed by atoms with Crippen molar-refractivity contribution >= 4 is 11.6 Å². The number of rotatable bonds is 0. The van der Waals surface area contributed by atoms with E-state index < -0.39 is 0 Å². The molecule has 0 spiro atoms. The Kier molecular flexibility index (Phi) is 3.57. The van der Waals surface area contributed by atoms with Crippen molar-refractivity contribution in [3.05, 3.63) is 53.9 Å². The van der Waals surface area contributed by atoms with Gasteiger partial charge in [0.2, 0.25) is 5.91 Å². The van der Waals surface area contributed by atoms with Gasteiger partial charge in [0.05, 0.1) is 18.7 Å². The van der Waals surface area contributed by atoms with Crippen LogP contribution in [0.1, 0.15) is 17.5 Å². The molecule has 0 fully saturated rings. The molecule has 0 bridgehead atoms. The molecule has 1 aliphatic rings. The Morgan fingerprint density at radius 1 is 1.14 bits per heavy atom. The van der Waals surface area contributed by atoms with Crippen LogP contribution in [0.4, 0.5) is 5.69 Å². The van der Waals surface area contributed by atoms with Crippen LogP contribution in [0, 0.1) is 11.8 Å². The Balaban J connectivity index is 1.92. The van der Waals surface area contributed by atoms with Crippen molar-refractivity contribution < 1.29 is 9.53 Å². The highest BCUT2D eigenvalue weighted by atomic mass is 16.5. The minimum Gasteiger partial charge on any atom is -0.491 e. The lowest BCUT2D eigenvalue weighted by Crippen LogP contribution is -2.25. The lowest BCUT2D eigenvalue weighted by Gasteiger charge is -2.16. The van der Waals surface area contributed by atoms with Crippen LogP contribution < -0.4 is 9.64 Å². The molecule has 1 aromatic heterocycles. The number of nitrogens with zero attached hydrogens (tertiary/aromatic N) is 2. The van der Waals surface area contributed by atoms with E-state index in [9.17, 15) is 4.79 Å². The van der Waals surface area contributed by atoms with Gasteiger partial charge in [0, 0.05) is 30.6 Å². The second-order valence-corrected chi connectivity index (χ2v) is 4.72. The molecule has 21 heavy (non-hydrogen) atoms. The summed E-state index contributed by atoms with van der Waals surface area (Å²) in [6, 6.07) is 9.36. The maximum absolute atomic E-state index is 11.8. The number of anilines is 1.